The lowest BCUT2D eigenvalue weighted by molar-refractivity contribution is 0.936. The molecule has 0 bridgehead atoms. The molecule has 2 rings (SSSR count). The predicted molar refractivity (Wildman–Crippen MR) is 90.7 cm³/mol. The molecular formula is C15H14Cl2N2S. The summed E-state index contributed by atoms with van der Waals surface area (Å²) < 4.78 is 0. The molecule has 0 spiro atoms. The van der Waals surface area contributed by atoms with Crippen molar-refractivity contribution in [2.75, 3.05) is 11.4 Å². The molecule has 5 heteroatoms. The predicted octanol–water partition coefficient (Wildman–Crippen LogP) is 4.29. The minimum Gasteiger partial charge on any atom is -0.376 e. The molecule has 0 aliphatic carbocycles. The molecule has 2 aromatic carbocycles. The summed E-state index contributed by atoms with van der Waals surface area (Å²) in [4.78, 5) is 1.83. The average Bonchev–Trinajstić information content (AvgIpc) is 2.38. The standard InChI is InChI=1S/C15H14Cl2N2S/c16-12-8-13(17)10-14(9-12)19(15(18)20)7-6-11-4-2-1-3-5-11/h1-5,8-10H,6-7H2,(H2,18,20). The first-order chi connectivity index (χ1) is 9.56. The molecule has 0 aliphatic heterocycles. The number of rotatable bonds is 4. The van der Waals surface area contributed by atoms with E-state index in [1.165, 1.54) is 5.56 Å². The molecular weight excluding hydrogens is 311 g/mol. The van der Waals surface area contributed by atoms with Gasteiger partial charge in [0.15, 0.2) is 5.11 Å². The second kappa shape index (κ2) is 6.93. The van der Waals surface area contributed by atoms with Gasteiger partial charge in [-0.15, -0.1) is 0 Å². The zero-order valence-corrected chi connectivity index (χ0v) is 13.1. The summed E-state index contributed by atoms with van der Waals surface area (Å²) >= 11 is 17.2. The minimum absolute atomic E-state index is 0.305. The number of hydrogen-bond donors (Lipinski definition) is 1. The van der Waals surface area contributed by atoms with Gasteiger partial charge in [0.05, 0.1) is 0 Å². The summed E-state index contributed by atoms with van der Waals surface area (Å²) in [7, 11) is 0. The van der Waals surface area contributed by atoms with Crippen molar-refractivity contribution in [3.8, 4) is 0 Å². The molecule has 0 aliphatic rings. The number of nitrogens with zero attached hydrogens (tertiary/aromatic N) is 1. The number of hydrogen-bond acceptors (Lipinski definition) is 1. The van der Waals surface area contributed by atoms with Crippen LogP contribution in [0.5, 0.6) is 0 Å². The summed E-state index contributed by atoms with van der Waals surface area (Å²) in [5.41, 5.74) is 7.84. The van der Waals surface area contributed by atoms with Gasteiger partial charge in [-0.2, -0.15) is 0 Å². The Labute approximate surface area is 134 Å². The molecule has 0 aromatic heterocycles. The third-order valence-corrected chi connectivity index (χ3v) is 3.55. The van der Waals surface area contributed by atoms with Gasteiger partial charge in [0.25, 0.3) is 0 Å². The molecule has 2 nitrogen and oxygen atoms in total. The Morgan fingerprint density at radius 1 is 1.05 bits per heavy atom. The maximum atomic E-state index is 6.02. The lowest BCUT2D eigenvalue weighted by Gasteiger charge is -2.23. The van der Waals surface area contributed by atoms with Gasteiger partial charge in [0.1, 0.15) is 0 Å². The fraction of sp³-hybridized carbons (Fsp3) is 0.133. The van der Waals surface area contributed by atoms with Crippen LogP contribution in [0.3, 0.4) is 0 Å². The molecule has 0 unspecified atom stereocenters. The molecule has 104 valence electrons. The Balaban J connectivity index is 2.17. The first-order valence-corrected chi connectivity index (χ1v) is 7.29. The van der Waals surface area contributed by atoms with Crippen LogP contribution in [0.1, 0.15) is 5.56 Å². The highest BCUT2D eigenvalue weighted by molar-refractivity contribution is 7.80. The van der Waals surface area contributed by atoms with E-state index in [0.717, 1.165) is 12.1 Å². The number of benzene rings is 2. The van der Waals surface area contributed by atoms with Crippen LogP contribution in [0.2, 0.25) is 10.0 Å². The summed E-state index contributed by atoms with van der Waals surface area (Å²) in [6.07, 6.45) is 0.836. The van der Waals surface area contributed by atoms with E-state index in [0.29, 0.717) is 21.7 Å². The van der Waals surface area contributed by atoms with Crippen molar-refractivity contribution < 1.29 is 0 Å². The van der Waals surface area contributed by atoms with E-state index in [-0.39, 0.29) is 0 Å². The third kappa shape index (κ3) is 4.10. The van der Waals surface area contributed by atoms with Crippen LogP contribution >= 0.6 is 35.4 Å². The van der Waals surface area contributed by atoms with Crippen LogP contribution < -0.4 is 10.6 Å². The molecule has 0 saturated heterocycles. The average molecular weight is 325 g/mol. The second-order valence-electron chi connectivity index (χ2n) is 4.35. The van der Waals surface area contributed by atoms with Crippen molar-refractivity contribution in [1.82, 2.24) is 0 Å². The maximum absolute atomic E-state index is 6.02. The first-order valence-electron chi connectivity index (χ1n) is 6.13. The van der Waals surface area contributed by atoms with E-state index in [1.807, 2.05) is 23.1 Å². The fourth-order valence-corrected chi connectivity index (χ4v) is 2.66. The zero-order chi connectivity index (χ0) is 14.5. The second-order valence-corrected chi connectivity index (χ2v) is 5.64. The molecule has 2 N–H and O–H groups in total. The van der Waals surface area contributed by atoms with Crippen molar-refractivity contribution in [1.29, 1.82) is 0 Å². The van der Waals surface area contributed by atoms with Crippen molar-refractivity contribution in [3.05, 3.63) is 64.1 Å². The van der Waals surface area contributed by atoms with Crippen LogP contribution in [-0.2, 0) is 6.42 Å². The van der Waals surface area contributed by atoms with E-state index >= 15 is 0 Å². The van der Waals surface area contributed by atoms with E-state index in [4.69, 9.17) is 41.2 Å². The van der Waals surface area contributed by atoms with Crippen molar-refractivity contribution in [2.24, 2.45) is 5.73 Å². The van der Waals surface area contributed by atoms with Gasteiger partial charge in [-0.3, -0.25) is 0 Å². The molecule has 0 atom stereocenters. The van der Waals surface area contributed by atoms with E-state index < -0.39 is 0 Å². The van der Waals surface area contributed by atoms with E-state index in [9.17, 15) is 0 Å². The Kier molecular flexibility index (Phi) is 5.24. The van der Waals surface area contributed by atoms with Gasteiger partial charge in [-0.1, -0.05) is 53.5 Å². The van der Waals surface area contributed by atoms with Crippen LogP contribution in [0.15, 0.2) is 48.5 Å². The Bertz CT molecular complexity index is 582. The van der Waals surface area contributed by atoms with E-state index in [1.54, 1.807) is 18.2 Å². The highest BCUT2D eigenvalue weighted by Crippen LogP contribution is 2.25. The zero-order valence-electron chi connectivity index (χ0n) is 10.7. The van der Waals surface area contributed by atoms with Gasteiger partial charge in [0.2, 0.25) is 0 Å². The van der Waals surface area contributed by atoms with Gasteiger partial charge in [-0.25, -0.2) is 0 Å². The molecule has 2 aromatic rings. The monoisotopic (exact) mass is 324 g/mol. The minimum atomic E-state index is 0.305. The fourth-order valence-electron chi connectivity index (χ4n) is 1.95. The van der Waals surface area contributed by atoms with Crippen molar-refractivity contribution in [2.45, 2.75) is 6.42 Å². The lowest BCUT2D eigenvalue weighted by atomic mass is 10.1. The summed E-state index contributed by atoms with van der Waals surface area (Å²) in [5, 5.41) is 1.43. The van der Waals surface area contributed by atoms with Crippen molar-refractivity contribution in [3.63, 3.8) is 0 Å². The van der Waals surface area contributed by atoms with Gasteiger partial charge >= 0.3 is 0 Å². The molecule has 0 fully saturated rings. The highest BCUT2D eigenvalue weighted by Gasteiger charge is 2.11. The lowest BCUT2D eigenvalue weighted by Crippen LogP contribution is -2.37. The Morgan fingerprint density at radius 3 is 2.20 bits per heavy atom. The smallest absolute Gasteiger partial charge is 0.170 e. The third-order valence-electron chi connectivity index (χ3n) is 2.89. The quantitative estimate of drug-likeness (QED) is 0.851. The summed E-state index contributed by atoms with van der Waals surface area (Å²) in [6, 6.07) is 15.4. The summed E-state index contributed by atoms with van der Waals surface area (Å²) in [5.74, 6) is 0. The van der Waals surface area contributed by atoms with Gasteiger partial charge in [-0.05, 0) is 42.4 Å². The van der Waals surface area contributed by atoms with Crippen LogP contribution in [0.4, 0.5) is 5.69 Å². The largest absolute Gasteiger partial charge is 0.376 e. The van der Waals surface area contributed by atoms with Gasteiger partial charge in [0, 0.05) is 22.3 Å². The Hall–Kier alpha value is -1.29. The first kappa shape index (κ1) is 15.1. The van der Waals surface area contributed by atoms with Crippen LogP contribution in [0, 0.1) is 0 Å². The van der Waals surface area contributed by atoms with Crippen LogP contribution in [0.25, 0.3) is 0 Å². The van der Waals surface area contributed by atoms with E-state index in [2.05, 4.69) is 12.1 Å². The number of halogens is 2. The highest BCUT2D eigenvalue weighted by atomic mass is 35.5. The topological polar surface area (TPSA) is 29.3 Å². The number of nitrogens with two attached hydrogens (primary N) is 1. The normalized spacial score (nSPS) is 10.3. The summed E-state index contributed by atoms with van der Waals surface area (Å²) in [6.45, 7) is 0.677. The molecule has 0 saturated carbocycles. The molecule has 0 heterocycles. The molecule has 20 heavy (non-hydrogen) atoms. The number of anilines is 1. The SMILES string of the molecule is NC(=S)N(CCc1ccccc1)c1cc(Cl)cc(Cl)c1. The van der Waals surface area contributed by atoms with Gasteiger partial charge < -0.3 is 10.6 Å². The van der Waals surface area contributed by atoms with Crippen molar-refractivity contribution >= 4 is 46.2 Å². The maximum Gasteiger partial charge on any atom is 0.170 e. The number of thiocarbonyl (C=S) groups is 1. The molecule has 0 amide bonds. The van der Waals surface area contributed by atoms with Crippen LogP contribution in [-0.4, -0.2) is 11.7 Å². The Morgan fingerprint density at radius 2 is 1.65 bits per heavy atom. The molecule has 0 radical (unpaired) electrons.